The molecule has 1 heterocycles. The summed E-state index contributed by atoms with van der Waals surface area (Å²) < 4.78 is 18.1. The van der Waals surface area contributed by atoms with Crippen molar-refractivity contribution in [3.8, 4) is 17.0 Å². The maximum atomic E-state index is 12.1. The molecule has 0 spiro atoms. The van der Waals surface area contributed by atoms with Crippen molar-refractivity contribution < 1.29 is 19.0 Å². The number of aromatic nitrogens is 2. The van der Waals surface area contributed by atoms with Crippen LogP contribution in [0.1, 0.15) is 17.4 Å². The molecule has 130 valence electrons. The molecule has 0 aliphatic rings. The Kier molecular flexibility index (Phi) is 6.65. The molecule has 0 radical (unpaired) electrons. The van der Waals surface area contributed by atoms with Crippen molar-refractivity contribution in [2.75, 3.05) is 27.4 Å². The van der Waals surface area contributed by atoms with E-state index >= 15 is 0 Å². The Morgan fingerprint density at radius 1 is 1.38 bits per heavy atom. The minimum absolute atomic E-state index is 0.0783. The van der Waals surface area contributed by atoms with Crippen molar-refractivity contribution in [1.29, 1.82) is 0 Å². The Hall–Kier alpha value is -1.57. The molecule has 0 fully saturated rings. The van der Waals surface area contributed by atoms with Crippen LogP contribution in [-0.2, 0) is 16.0 Å². The summed E-state index contributed by atoms with van der Waals surface area (Å²) >= 11 is 9.86. The number of ether oxygens (including phenoxy) is 3. The molecule has 1 aromatic carbocycles. The van der Waals surface area contributed by atoms with E-state index in [-0.39, 0.29) is 17.3 Å². The Balaban J connectivity index is 2.60. The number of hydrogen-bond donors (Lipinski definition) is 0. The Morgan fingerprint density at radius 2 is 2.12 bits per heavy atom. The van der Waals surface area contributed by atoms with E-state index in [1.54, 1.807) is 25.8 Å². The number of rotatable bonds is 7. The van der Waals surface area contributed by atoms with Gasteiger partial charge in [0.25, 0.3) is 0 Å². The number of hydrogen-bond acceptors (Lipinski definition) is 5. The summed E-state index contributed by atoms with van der Waals surface area (Å²) in [6.45, 7) is 2.83. The fourth-order valence-electron chi connectivity index (χ4n) is 2.23. The lowest BCUT2D eigenvalue weighted by molar-refractivity contribution is 0.0518. The quantitative estimate of drug-likeness (QED) is 0.641. The third-order valence-electron chi connectivity index (χ3n) is 3.29. The van der Waals surface area contributed by atoms with Gasteiger partial charge in [-0.2, -0.15) is 5.10 Å². The summed E-state index contributed by atoms with van der Waals surface area (Å²) in [4.78, 5) is 12.1. The molecule has 24 heavy (non-hydrogen) atoms. The lowest BCUT2D eigenvalue weighted by atomic mass is 10.1. The summed E-state index contributed by atoms with van der Waals surface area (Å²) in [5.41, 5.74) is 1.39. The van der Waals surface area contributed by atoms with E-state index in [0.717, 1.165) is 10.0 Å². The molecule has 0 unspecified atom stereocenters. The van der Waals surface area contributed by atoms with Crippen molar-refractivity contribution >= 4 is 33.5 Å². The standard InChI is InChI=1S/C16H18BrClN2O4/c1-4-24-16(21)14-13(18)15(20(19-14)7-8-22-2)11-6-5-10(17)9-12(11)23-3/h5-6,9H,4,7-8H2,1-3H3. The molecule has 0 N–H and O–H groups in total. The summed E-state index contributed by atoms with van der Waals surface area (Å²) in [5, 5.41) is 4.53. The van der Waals surface area contributed by atoms with Crippen LogP contribution in [0.5, 0.6) is 5.75 Å². The number of carbonyl (C=O) groups excluding carboxylic acids is 1. The number of carbonyl (C=O) groups is 1. The van der Waals surface area contributed by atoms with Crippen LogP contribution in [0.25, 0.3) is 11.3 Å². The van der Waals surface area contributed by atoms with E-state index in [4.69, 9.17) is 25.8 Å². The first-order chi connectivity index (χ1) is 11.5. The number of methoxy groups -OCH3 is 2. The van der Waals surface area contributed by atoms with Crippen LogP contribution in [0.2, 0.25) is 5.02 Å². The molecule has 0 amide bonds. The van der Waals surface area contributed by atoms with Gasteiger partial charge in [-0.15, -0.1) is 0 Å². The van der Waals surface area contributed by atoms with Gasteiger partial charge in [0.2, 0.25) is 0 Å². The lowest BCUT2D eigenvalue weighted by Crippen LogP contribution is -2.10. The first-order valence-corrected chi connectivity index (χ1v) is 8.46. The molecule has 6 nitrogen and oxygen atoms in total. The minimum Gasteiger partial charge on any atom is -0.496 e. The van der Waals surface area contributed by atoms with E-state index in [1.807, 2.05) is 18.2 Å². The molecule has 0 aliphatic heterocycles. The van der Waals surface area contributed by atoms with Crippen LogP contribution in [0.3, 0.4) is 0 Å². The maximum Gasteiger partial charge on any atom is 0.360 e. The van der Waals surface area contributed by atoms with Crippen molar-refractivity contribution in [1.82, 2.24) is 9.78 Å². The molecule has 2 rings (SSSR count). The predicted molar refractivity (Wildman–Crippen MR) is 94.8 cm³/mol. The molecular weight excluding hydrogens is 400 g/mol. The van der Waals surface area contributed by atoms with Crippen LogP contribution in [0.4, 0.5) is 0 Å². The first kappa shape index (κ1) is 18.8. The lowest BCUT2D eigenvalue weighted by Gasteiger charge is -2.12. The van der Waals surface area contributed by atoms with Crippen molar-refractivity contribution in [3.05, 3.63) is 33.4 Å². The van der Waals surface area contributed by atoms with E-state index in [1.165, 1.54) is 0 Å². The van der Waals surface area contributed by atoms with Gasteiger partial charge in [0.15, 0.2) is 5.69 Å². The van der Waals surface area contributed by atoms with Crippen molar-refractivity contribution in [3.63, 3.8) is 0 Å². The van der Waals surface area contributed by atoms with Gasteiger partial charge in [-0.3, -0.25) is 4.68 Å². The first-order valence-electron chi connectivity index (χ1n) is 7.29. The molecule has 0 bridgehead atoms. The molecule has 0 saturated carbocycles. The van der Waals surface area contributed by atoms with Crippen LogP contribution in [0.15, 0.2) is 22.7 Å². The molecule has 0 atom stereocenters. The summed E-state index contributed by atoms with van der Waals surface area (Å²) in [6.07, 6.45) is 0. The topological polar surface area (TPSA) is 62.6 Å². The average Bonchev–Trinajstić information content (AvgIpc) is 2.89. The monoisotopic (exact) mass is 416 g/mol. The van der Waals surface area contributed by atoms with Gasteiger partial charge >= 0.3 is 5.97 Å². The average molecular weight is 418 g/mol. The highest BCUT2D eigenvalue weighted by Gasteiger charge is 2.25. The normalized spacial score (nSPS) is 10.7. The SMILES string of the molecule is CCOC(=O)c1nn(CCOC)c(-c2ccc(Br)cc2OC)c1Cl. The Labute approximate surface area is 153 Å². The number of esters is 1. The second-order valence-corrected chi connectivity index (χ2v) is 6.09. The van der Waals surface area contributed by atoms with E-state index in [0.29, 0.717) is 24.6 Å². The minimum atomic E-state index is -0.559. The third kappa shape index (κ3) is 3.91. The predicted octanol–water partition coefficient (Wildman–Crippen LogP) is 3.80. The van der Waals surface area contributed by atoms with Crippen LogP contribution in [0, 0.1) is 0 Å². The highest BCUT2D eigenvalue weighted by molar-refractivity contribution is 9.10. The number of nitrogens with zero attached hydrogens (tertiary/aromatic N) is 2. The summed E-state index contributed by atoms with van der Waals surface area (Å²) in [5.74, 6) is 0.0521. The zero-order valence-corrected chi connectivity index (χ0v) is 16.0. The second-order valence-electron chi connectivity index (χ2n) is 4.79. The fraction of sp³-hybridized carbons (Fsp3) is 0.375. The van der Waals surface area contributed by atoms with Gasteiger partial charge in [-0.25, -0.2) is 4.79 Å². The van der Waals surface area contributed by atoms with E-state index in [9.17, 15) is 4.79 Å². The fourth-order valence-corrected chi connectivity index (χ4v) is 2.88. The van der Waals surface area contributed by atoms with E-state index < -0.39 is 5.97 Å². The van der Waals surface area contributed by atoms with Gasteiger partial charge in [-0.05, 0) is 25.1 Å². The van der Waals surface area contributed by atoms with Crippen LogP contribution in [-0.4, -0.2) is 43.2 Å². The molecule has 2 aromatic rings. The second kappa shape index (κ2) is 8.50. The zero-order valence-electron chi connectivity index (χ0n) is 13.6. The highest BCUT2D eigenvalue weighted by atomic mass is 79.9. The van der Waals surface area contributed by atoms with Crippen LogP contribution < -0.4 is 4.74 Å². The zero-order chi connectivity index (χ0) is 17.7. The van der Waals surface area contributed by atoms with Gasteiger partial charge in [-0.1, -0.05) is 27.5 Å². The molecule has 0 saturated heterocycles. The molecular formula is C16H18BrClN2O4. The maximum absolute atomic E-state index is 12.1. The number of halogens is 2. The molecule has 1 aromatic heterocycles. The Morgan fingerprint density at radius 3 is 2.75 bits per heavy atom. The largest absolute Gasteiger partial charge is 0.496 e. The smallest absolute Gasteiger partial charge is 0.360 e. The highest BCUT2D eigenvalue weighted by Crippen LogP contribution is 2.38. The third-order valence-corrected chi connectivity index (χ3v) is 4.14. The van der Waals surface area contributed by atoms with Crippen molar-refractivity contribution in [2.24, 2.45) is 0 Å². The van der Waals surface area contributed by atoms with Gasteiger partial charge in [0, 0.05) is 17.1 Å². The van der Waals surface area contributed by atoms with Gasteiger partial charge in [0.05, 0.1) is 32.6 Å². The summed E-state index contributed by atoms with van der Waals surface area (Å²) in [7, 11) is 3.17. The van der Waals surface area contributed by atoms with Gasteiger partial charge < -0.3 is 14.2 Å². The van der Waals surface area contributed by atoms with Crippen LogP contribution >= 0.6 is 27.5 Å². The molecule has 0 aliphatic carbocycles. The molecule has 8 heteroatoms. The van der Waals surface area contributed by atoms with E-state index in [2.05, 4.69) is 21.0 Å². The summed E-state index contributed by atoms with van der Waals surface area (Å²) in [6, 6.07) is 5.54. The number of benzene rings is 1. The Bertz CT molecular complexity index is 733. The van der Waals surface area contributed by atoms with Gasteiger partial charge in [0.1, 0.15) is 10.8 Å². The van der Waals surface area contributed by atoms with Crippen molar-refractivity contribution in [2.45, 2.75) is 13.5 Å².